The van der Waals surface area contributed by atoms with Crippen molar-refractivity contribution < 1.29 is 8.42 Å². The highest BCUT2D eigenvalue weighted by Crippen LogP contribution is 2.17. The molecule has 140 valence electrons. The monoisotopic (exact) mass is 368 g/mol. The van der Waals surface area contributed by atoms with Gasteiger partial charge in [-0.3, -0.25) is 4.99 Å². The van der Waals surface area contributed by atoms with Gasteiger partial charge in [0.15, 0.2) is 5.96 Å². The number of rotatable bonds is 7. The Labute approximate surface area is 150 Å². The number of anilines is 1. The number of hydrogen-bond acceptors (Lipinski definition) is 5. The third kappa shape index (κ3) is 7.27. The number of pyridine rings is 1. The molecule has 25 heavy (non-hydrogen) atoms. The molecule has 2 heterocycles. The topological polar surface area (TPSA) is 98.7 Å². The van der Waals surface area contributed by atoms with Crippen LogP contribution in [0.25, 0.3) is 0 Å². The van der Waals surface area contributed by atoms with Crippen LogP contribution in [0.3, 0.4) is 0 Å². The number of sulfonamides is 1. The lowest BCUT2D eigenvalue weighted by Crippen LogP contribution is -2.49. The normalized spacial score (nSPS) is 16.7. The Morgan fingerprint density at radius 3 is 2.72 bits per heavy atom. The molecule has 0 saturated carbocycles. The average molecular weight is 369 g/mol. The van der Waals surface area contributed by atoms with E-state index in [1.807, 2.05) is 31.3 Å². The molecule has 1 fully saturated rings. The molecule has 0 amide bonds. The minimum atomic E-state index is -3.17. The summed E-state index contributed by atoms with van der Waals surface area (Å²) in [5.74, 6) is 1.75. The summed E-state index contributed by atoms with van der Waals surface area (Å²) in [5.41, 5.74) is 0. The van der Waals surface area contributed by atoms with Crippen LogP contribution >= 0.6 is 0 Å². The average Bonchev–Trinajstić information content (AvgIpc) is 2.59. The van der Waals surface area contributed by atoms with Crippen molar-refractivity contribution in [1.29, 1.82) is 0 Å². The number of nitrogens with one attached hydrogen (secondary N) is 3. The SMILES string of the molecule is CCNC(=NCCNS(C)(=O)=O)NC1CCN(c2ccccn2)CC1. The van der Waals surface area contributed by atoms with Crippen molar-refractivity contribution in [2.75, 3.05) is 43.9 Å². The van der Waals surface area contributed by atoms with Crippen molar-refractivity contribution in [3.63, 3.8) is 0 Å². The summed E-state index contributed by atoms with van der Waals surface area (Å²) in [6.07, 6.45) is 4.97. The zero-order chi connectivity index (χ0) is 18.1. The molecule has 0 atom stereocenters. The predicted molar refractivity (Wildman–Crippen MR) is 101 cm³/mol. The molecule has 0 aromatic carbocycles. The Hall–Kier alpha value is -1.87. The molecule has 3 N–H and O–H groups in total. The highest BCUT2D eigenvalue weighted by molar-refractivity contribution is 7.88. The summed E-state index contributed by atoms with van der Waals surface area (Å²) >= 11 is 0. The minimum Gasteiger partial charge on any atom is -0.357 e. The minimum absolute atomic E-state index is 0.299. The zero-order valence-corrected chi connectivity index (χ0v) is 15.7. The maximum atomic E-state index is 11.1. The fourth-order valence-corrected chi connectivity index (χ4v) is 3.17. The standard InChI is InChI=1S/C16H28N6O2S/c1-3-17-16(19-10-11-20-25(2,23)24)21-14-7-12-22(13-8-14)15-6-4-5-9-18-15/h4-6,9,14,20H,3,7-8,10-13H2,1-2H3,(H2,17,19,21). The Kier molecular flexibility index (Phi) is 7.45. The van der Waals surface area contributed by atoms with Crippen LogP contribution in [0, 0.1) is 0 Å². The summed E-state index contributed by atoms with van der Waals surface area (Å²) < 4.78 is 24.6. The number of nitrogens with zero attached hydrogens (tertiary/aromatic N) is 3. The van der Waals surface area contributed by atoms with Crippen molar-refractivity contribution in [1.82, 2.24) is 20.3 Å². The predicted octanol–water partition coefficient (Wildman–Crippen LogP) is 0.155. The van der Waals surface area contributed by atoms with Gasteiger partial charge in [0, 0.05) is 38.4 Å². The van der Waals surface area contributed by atoms with E-state index in [4.69, 9.17) is 0 Å². The molecule has 9 heteroatoms. The van der Waals surface area contributed by atoms with Gasteiger partial charge in [-0.25, -0.2) is 18.1 Å². The molecule has 0 spiro atoms. The van der Waals surface area contributed by atoms with Gasteiger partial charge in [-0.1, -0.05) is 6.07 Å². The van der Waals surface area contributed by atoms with Crippen LogP contribution in [0.4, 0.5) is 5.82 Å². The van der Waals surface area contributed by atoms with Crippen LogP contribution in [-0.4, -0.2) is 64.4 Å². The van der Waals surface area contributed by atoms with E-state index in [1.54, 1.807) is 0 Å². The molecule has 2 rings (SSSR count). The Bertz CT molecular complexity index is 642. The van der Waals surface area contributed by atoms with Gasteiger partial charge >= 0.3 is 0 Å². The number of aromatic nitrogens is 1. The first-order chi connectivity index (χ1) is 12.0. The molecule has 1 aromatic rings. The van der Waals surface area contributed by atoms with Crippen LogP contribution in [0.5, 0.6) is 0 Å². The van der Waals surface area contributed by atoms with Gasteiger partial charge in [0.2, 0.25) is 10.0 Å². The van der Waals surface area contributed by atoms with Gasteiger partial charge in [0.05, 0.1) is 12.8 Å². The lowest BCUT2D eigenvalue weighted by Gasteiger charge is -2.33. The van der Waals surface area contributed by atoms with Crippen LogP contribution < -0.4 is 20.3 Å². The maximum Gasteiger partial charge on any atom is 0.208 e. The van der Waals surface area contributed by atoms with E-state index in [-0.39, 0.29) is 0 Å². The smallest absolute Gasteiger partial charge is 0.208 e. The molecule has 0 unspecified atom stereocenters. The summed E-state index contributed by atoms with van der Waals surface area (Å²) in [6.45, 7) is 5.36. The van der Waals surface area contributed by atoms with Crippen LogP contribution in [0.1, 0.15) is 19.8 Å². The quantitative estimate of drug-likeness (QED) is 0.360. The lowest BCUT2D eigenvalue weighted by molar-refractivity contribution is 0.459. The van der Waals surface area contributed by atoms with Gasteiger partial charge in [-0.05, 0) is 31.9 Å². The van der Waals surface area contributed by atoms with Crippen molar-refractivity contribution in [2.45, 2.75) is 25.8 Å². The van der Waals surface area contributed by atoms with Crippen molar-refractivity contribution in [3.05, 3.63) is 24.4 Å². The molecule has 0 bridgehead atoms. The second-order valence-corrected chi connectivity index (χ2v) is 7.85. The number of guanidine groups is 1. The Morgan fingerprint density at radius 2 is 2.12 bits per heavy atom. The molecule has 1 saturated heterocycles. The summed E-state index contributed by atoms with van der Waals surface area (Å²) in [5, 5.41) is 6.65. The van der Waals surface area contributed by atoms with Gasteiger partial charge in [-0.2, -0.15) is 0 Å². The summed E-state index contributed by atoms with van der Waals surface area (Å²) in [7, 11) is -3.17. The fourth-order valence-electron chi connectivity index (χ4n) is 2.71. The first kappa shape index (κ1) is 19.5. The Balaban J connectivity index is 1.80. The molecule has 0 radical (unpaired) electrons. The van der Waals surface area contributed by atoms with E-state index in [0.29, 0.717) is 19.1 Å². The maximum absolute atomic E-state index is 11.1. The highest BCUT2D eigenvalue weighted by atomic mass is 32.2. The molecule has 0 aliphatic carbocycles. The molecular formula is C16H28N6O2S. The van der Waals surface area contributed by atoms with Gasteiger partial charge in [0.25, 0.3) is 0 Å². The first-order valence-corrected chi connectivity index (χ1v) is 10.5. The van der Waals surface area contributed by atoms with E-state index < -0.39 is 10.0 Å². The fraction of sp³-hybridized carbons (Fsp3) is 0.625. The van der Waals surface area contributed by atoms with E-state index in [0.717, 1.165) is 50.5 Å². The highest BCUT2D eigenvalue weighted by Gasteiger charge is 2.20. The number of piperidine rings is 1. The van der Waals surface area contributed by atoms with E-state index in [1.165, 1.54) is 0 Å². The number of aliphatic imine (C=N–C) groups is 1. The first-order valence-electron chi connectivity index (χ1n) is 8.63. The Morgan fingerprint density at radius 1 is 1.36 bits per heavy atom. The zero-order valence-electron chi connectivity index (χ0n) is 14.9. The number of hydrogen-bond donors (Lipinski definition) is 3. The van der Waals surface area contributed by atoms with E-state index in [9.17, 15) is 8.42 Å². The summed E-state index contributed by atoms with van der Waals surface area (Å²) in [6, 6.07) is 6.32. The summed E-state index contributed by atoms with van der Waals surface area (Å²) in [4.78, 5) is 11.1. The van der Waals surface area contributed by atoms with Crippen LogP contribution in [0.2, 0.25) is 0 Å². The molecule has 1 aromatic heterocycles. The van der Waals surface area contributed by atoms with Gasteiger partial charge in [-0.15, -0.1) is 0 Å². The third-order valence-electron chi connectivity index (χ3n) is 3.90. The third-order valence-corrected chi connectivity index (χ3v) is 4.63. The van der Waals surface area contributed by atoms with Crippen molar-refractivity contribution in [2.24, 2.45) is 4.99 Å². The molecule has 1 aliphatic rings. The van der Waals surface area contributed by atoms with E-state index >= 15 is 0 Å². The van der Waals surface area contributed by atoms with Gasteiger partial charge < -0.3 is 15.5 Å². The lowest BCUT2D eigenvalue weighted by atomic mass is 10.1. The molecule has 8 nitrogen and oxygen atoms in total. The van der Waals surface area contributed by atoms with Gasteiger partial charge in [0.1, 0.15) is 5.82 Å². The van der Waals surface area contributed by atoms with Crippen molar-refractivity contribution >= 4 is 21.8 Å². The van der Waals surface area contributed by atoms with Crippen molar-refractivity contribution in [3.8, 4) is 0 Å². The molecule has 1 aliphatic heterocycles. The van der Waals surface area contributed by atoms with Crippen LogP contribution in [0.15, 0.2) is 29.4 Å². The van der Waals surface area contributed by atoms with Crippen LogP contribution in [-0.2, 0) is 10.0 Å². The second-order valence-electron chi connectivity index (χ2n) is 6.02. The second kappa shape index (κ2) is 9.57. The molecular weight excluding hydrogens is 340 g/mol. The largest absolute Gasteiger partial charge is 0.357 e. The van der Waals surface area contributed by atoms with E-state index in [2.05, 4.69) is 30.2 Å².